The van der Waals surface area contributed by atoms with Crippen molar-refractivity contribution in [3.63, 3.8) is 0 Å². The summed E-state index contributed by atoms with van der Waals surface area (Å²) in [5.41, 5.74) is 7.07. The molecule has 0 spiro atoms. The Morgan fingerprint density at radius 3 is 2.08 bits per heavy atom. The minimum atomic E-state index is -0.826. The predicted molar refractivity (Wildman–Crippen MR) is 110 cm³/mol. The van der Waals surface area contributed by atoms with Crippen LogP contribution in [0.25, 0.3) is 21.9 Å². The van der Waals surface area contributed by atoms with Gasteiger partial charge in [-0.2, -0.15) is 6.07 Å². The molecule has 3 heteroatoms. The van der Waals surface area contributed by atoms with E-state index in [1.54, 1.807) is 0 Å². The van der Waals surface area contributed by atoms with Crippen molar-refractivity contribution < 1.29 is 20.8 Å². The summed E-state index contributed by atoms with van der Waals surface area (Å²) in [6.45, 7) is 11.3. The van der Waals surface area contributed by atoms with Crippen LogP contribution >= 0.6 is 17.0 Å². The summed E-state index contributed by atoms with van der Waals surface area (Å²) >= 11 is -0.826. The number of hydrogen-bond acceptors (Lipinski definition) is 0. The first-order valence-corrected chi connectivity index (χ1v) is 15.0. The molecule has 0 aliphatic heterocycles. The average Bonchev–Trinajstić information content (AvgIpc) is 2.94. The van der Waals surface area contributed by atoms with Crippen LogP contribution in [-0.4, -0.2) is 0 Å². The number of hydrogen-bond donors (Lipinski definition) is 0. The van der Waals surface area contributed by atoms with Gasteiger partial charge in [0, 0.05) is 0 Å². The van der Waals surface area contributed by atoms with Crippen LogP contribution in [0.1, 0.15) is 56.2 Å². The molecular weight excluding hydrogens is 426 g/mol. The molecule has 3 aromatic rings. The molecule has 0 amide bonds. The second kappa shape index (κ2) is 9.45. The van der Waals surface area contributed by atoms with E-state index in [1.807, 2.05) is 0 Å². The molecule has 0 aromatic heterocycles. The molecule has 0 radical (unpaired) electrons. The zero-order chi connectivity index (χ0) is 18.6. The predicted octanol–water partition coefficient (Wildman–Crippen LogP) is 8.16. The Morgan fingerprint density at radius 1 is 0.880 bits per heavy atom. The SMILES string of the molecule is Cc1cc2c(-c3ccccc3C(C)C)c(C(C)C)ccc2[cH-]1.[Cl][Zr][Cl]. The van der Waals surface area contributed by atoms with Gasteiger partial charge in [0.1, 0.15) is 0 Å². The van der Waals surface area contributed by atoms with Gasteiger partial charge < -0.3 is 0 Å². The van der Waals surface area contributed by atoms with Crippen molar-refractivity contribution in [2.75, 3.05) is 0 Å². The number of rotatable bonds is 3. The van der Waals surface area contributed by atoms with Crippen LogP contribution in [0.15, 0.2) is 48.5 Å². The maximum atomic E-state index is 4.93. The summed E-state index contributed by atoms with van der Waals surface area (Å²) in [4.78, 5) is 0. The van der Waals surface area contributed by atoms with E-state index in [2.05, 4.69) is 83.1 Å². The van der Waals surface area contributed by atoms with E-state index in [4.69, 9.17) is 17.0 Å². The number of fused-ring (bicyclic) bond motifs is 1. The molecule has 0 nitrogen and oxygen atoms in total. The fourth-order valence-corrected chi connectivity index (χ4v) is 3.46. The average molecular weight is 452 g/mol. The molecule has 0 unspecified atom stereocenters. The second-order valence-corrected chi connectivity index (χ2v) is 10.8. The molecule has 0 saturated heterocycles. The summed E-state index contributed by atoms with van der Waals surface area (Å²) in [6, 6.07) is 18.1. The van der Waals surface area contributed by atoms with Gasteiger partial charge in [0.2, 0.25) is 0 Å². The standard InChI is InChI=1S/C22H25.2ClH.Zr/c1-14(2)18-8-6-7-9-20(18)22-19(15(3)4)11-10-17-12-16(5)13-21(17)22;;;/h6-15H,1-5H3;2*1H;/q-1;;;+2/p-2. The number of aryl methyl sites for hydroxylation is 1. The number of halogens is 2. The Labute approximate surface area is 170 Å². The molecule has 25 heavy (non-hydrogen) atoms. The second-order valence-electron chi connectivity index (χ2n) is 7.03. The quantitative estimate of drug-likeness (QED) is 0.352. The van der Waals surface area contributed by atoms with Crippen molar-refractivity contribution in [3.8, 4) is 11.1 Å². The van der Waals surface area contributed by atoms with Crippen LogP contribution in [0.4, 0.5) is 0 Å². The third-order valence-electron chi connectivity index (χ3n) is 4.54. The van der Waals surface area contributed by atoms with Crippen molar-refractivity contribution in [1.82, 2.24) is 0 Å². The zero-order valence-electron chi connectivity index (χ0n) is 15.5. The molecule has 0 heterocycles. The topological polar surface area (TPSA) is 0 Å². The van der Waals surface area contributed by atoms with Crippen LogP contribution in [0.3, 0.4) is 0 Å². The van der Waals surface area contributed by atoms with Crippen LogP contribution in [0.5, 0.6) is 0 Å². The van der Waals surface area contributed by atoms with E-state index in [0.29, 0.717) is 11.8 Å². The molecule has 0 saturated carbocycles. The molecule has 3 aromatic carbocycles. The summed E-state index contributed by atoms with van der Waals surface area (Å²) in [7, 11) is 9.87. The Morgan fingerprint density at radius 2 is 1.48 bits per heavy atom. The molecule has 0 fully saturated rings. The summed E-state index contributed by atoms with van der Waals surface area (Å²) in [5.74, 6) is 1.05. The van der Waals surface area contributed by atoms with E-state index < -0.39 is 20.8 Å². The minimum absolute atomic E-state index is 0.523. The van der Waals surface area contributed by atoms with Crippen LogP contribution < -0.4 is 0 Å². The summed E-state index contributed by atoms with van der Waals surface area (Å²) in [6.07, 6.45) is 0. The molecule has 0 aliphatic carbocycles. The molecular formula is C22H25Cl2Zr-. The van der Waals surface area contributed by atoms with E-state index in [-0.39, 0.29) is 0 Å². The van der Waals surface area contributed by atoms with Gasteiger partial charge in [0.05, 0.1) is 0 Å². The molecule has 132 valence electrons. The molecule has 0 N–H and O–H groups in total. The van der Waals surface area contributed by atoms with Gasteiger partial charge in [0.25, 0.3) is 0 Å². The van der Waals surface area contributed by atoms with Crippen molar-refractivity contribution >= 4 is 27.8 Å². The third-order valence-corrected chi connectivity index (χ3v) is 4.54. The van der Waals surface area contributed by atoms with Gasteiger partial charge in [-0.25, -0.2) is 0 Å². The molecule has 0 bridgehead atoms. The molecule has 3 rings (SSSR count). The van der Waals surface area contributed by atoms with Crippen LogP contribution in [0, 0.1) is 6.92 Å². The molecule has 0 aliphatic rings. The monoisotopic (exact) mass is 449 g/mol. The van der Waals surface area contributed by atoms with Crippen molar-refractivity contribution in [2.24, 2.45) is 0 Å². The first-order valence-electron chi connectivity index (χ1n) is 8.66. The Bertz CT molecular complexity index is 831. The summed E-state index contributed by atoms with van der Waals surface area (Å²) in [5, 5.41) is 2.76. The Kier molecular flexibility index (Phi) is 7.87. The maximum absolute atomic E-state index is 4.93. The van der Waals surface area contributed by atoms with E-state index in [9.17, 15) is 0 Å². The third kappa shape index (κ3) is 4.82. The Balaban J connectivity index is 0.000000701. The summed E-state index contributed by atoms with van der Waals surface area (Å²) < 4.78 is 0. The fourth-order valence-electron chi connectivity index (χ4n) is 3.46. The first kappa shape index (κ1) is 20.8. The van der Waals surface area contributed by atoms with Gasteiger partial charge in [0.15, 0.2) is 0 Å². The molecule has 0 atom stereocenters. The van der Waals surface area contributed by atoms with Crippen LogP contribution in [0.2, 0.25) is 0 Å². The van der Waals surface area contributed by atoms with Crippen LogP contribution in [-0.2, 0) is 20.8 Å². The van der Waals surface area contributed by atoms with E-state index in [0.717, 1.165) is 0 Å². The normalized spacial score (nSPS) is 10.9. The van der Waals surface area contributed by atoms with Crippen molar-refractivity contribution in [1.29, 1.82) is 0 Å². The number of benzene rings is 2. The first-order chi connectivity index (χ1) is 11.9. The van der Waals surface area contributed by atoms with Gasteiger partial charge >= 0.3 is 37.9 Å². The van der Waals surface area contributed by atoms with E-state index >= 15 is 0 Å². The zero-order valence-corrected chi connectivity index (χ0v) is 19.5. The van der Waals surface area contributed by atoms with Gasteiger partial charge in [-0.1, -0.05) is 70.0 Å². The van der Waals surface area contributed by atoms with Crippen molar-refractivity contribution in [2.45, 2.75) is 46.5 Å². The Hall–Kier alpha value is -0.487. The van der Waals surface area contributed by atoms with Crippen molar-refractivity contribution in [3.05, 3.63) is 65.2 Å². The van der Waals surface area contributed by atoms with Gasteiger partial charge in [-0.05, 0) is 23.0 Å². The van der Waals surface area contributed by atoms with Gasteiger partial charge in [-0.15, -0.1) is 34.5 Å². The van der Waals surface area contributed by atoms with Gasteiger partial charge in [-0.3, -0.25) is 0 Å². The van der Waals surface area contributed by atoms with E-state index in [1.165, 1.54) is 38.6 Å². The fraction of sp³-hybridized carbons (Fsp3) is 0.318.